The van der Waals surface area contributed by atoms with Crippen LogP contribution in [0.5, 0.6) is 5.75 Å². The van der Waals surface area contributed by atoms with Gasteiger partial charge in [0.2, 0.25) is 10.0 Å². The van der Waals surface area contributed by atoms with Crippen LogP contribution in [0.2, 0.25) is 0 Å². The fourth-order valence-corrected chi connectivity index (χ4v) is 4.54. The van der Waals surface area contributed by atoms with Crippen molar-refractivity contribution in [3.05, 3.63) is 78.1 Å². The standard InChI is InChI=1S/C25H24N4O3S/c1-4-29-24-14-13-22(33(30,31)28(2)3)15-23(24)27-25(29)17-32-21-11-9-20(10-12-21)19-7-5-18(16-26)6-8-19/h5-15H,4,17H2,1-3H3. The van der Waals surface area contributed by atoms with Crippen LogP contribution >= 0.6 is 0 Å². The molecule has 0 aliphatic heterocycles. The summed E-state index contributed by atoms with van der Waals surface area (Å²) in [4.78, 5) is 4.86. The monoisotopic (exact) mass is 460 g/mol. The number of aromatic nitrogens is 2. The Labute approximate surface area is 193 Å². The molecular formula is C25H24N4O3S. The summed E-state index contributed by atoms with van der Waals surface area (Å²) in [5, 5.41) is 8.94. The van der Waals surface area contributed by atoms with Gasteiger partial charge in [0.25, 0.3) is 0 Å². The molecule has 1 aromatic heterocycles. The molecule has 0 atom stereocenters. The zero-order valence-corrected chi connectivity index (χ0v) is 19.5. The number of rotatable bonds is 7. The van der Waals surface area contributed by atoms with Gasteiger partial charge < -0.3 is 9.30 Å². The quantitative estimate of drug-likeness (QED) is 0.407. The van der Waals surface area contributed by atoms with E-state index in [0.29, 0.717) is 23.4 Å². The Morgan fingerprint density at radius 1 is 1.00 bits per heavy atom. The molecule has 33 heavy (non-hydrogen) atoms. The minimum Gasteiger partial charge on any atom is -0.486 e. The van der Waals surface area contributed by atoms with Crippen molar-refractivity contribution in [3.63, 3.8) is 0 Å². The van der Waals surface area contributed by atoms with Gasteiger partial charge in [-0.2, -0.15) is 5.26 Å². The average molecular weight is 461 g/mol. The number of fused-ring (bicyclic) bond motifs is 1. The van der Waals surface area contributed by atoms with Gasteiger partial charge in [-0.05, 0) is 60.5 Å². The third kappa shape index (κ3) is 4.46. The number of aryl methyl sites for hydroxylation is 1. The first-order chi connectivity index (χ1) is 15.8. The lowest BCUT2D eigenvalue weighted by molar-refractivity contribution is 0.291. The minimum atomic E-state index is -3.53. The number of hydrogen-bond acceptors (Lipinski definition) is 5. The zero-order valence-electron chi connectivity index (χ0n) is 18.7. The maximum atomic E-state index is 12.5. The van der Waals surface area contributed by atoms with Crippen molar-refractivity contribution in [2.24, 2.45) is 0 Å². The van der Waals surface area contributed by atoms with Crippen molar-refractivity contribution in [2.45, 2.75) is 25.0 Å². The largest absolute Gasteiger partial charge is 0.486 e. The molecular weight excluding hydrogens is 436 g/mol. The highest BCUT2D eigenvalue weighted by Crippen LogP contribution is 2.25. The maximum Gasteiger partial charge on any atom is 0.242 e. The minimum absolute atomic E-state index is 0.214. The van der Waals surface area contributed by atoms with E-state index in [-0.39, 0.29) is 11.5 Å². The van der Waals surface area contributed by atoms with E-state index in [1.54, 1.807) is 30.3 Å². The highest BCUT2D eigenvalue weighted by molar-refractivity contribution is 7.89. The topological polar surface area (TPSA) is 88.2 Å². The Morgan fingerprint density at radius 3 is 2.21 bits per heavy atom. The van der Waals surface area contributed by atoms with Gasteiger partial charge >= 0.3 is 0 Å². The first-order valence-electron chi connectivity index (χ1n) is 10.5. The van der Waals surface area contributed by atoms with Crippen LogP contribution in [0.3, 0.4) is 0 Å². The summed E-state index contributed by atoms with van der Waals surface area (Å²) in [5.41, 5.74) is 4.17. The van der Waals surface area contributed by atoms with Crippen LogP contribution in [0.15, 0.2) is 71.6 Å². The highest BCUT2D eigenvalue weighted by atomic mass is 32.2. The molecule has 168 valence electrons. The molecule has 0 aliphatic carbocycles. The molecule has 0 saturated heterocycles. The van der Waals surface area contributed by atoms with E-state index in [0.717, 1.165) is 22.5 Å². The van der Waals surface area contributed by atoms with Gasteiger partial charge in [0.1, 0.15) is 18.2 Å². The van der Waals surface area contributed by atoms with E-state index >= 15 is 0 Å². The Kier molecular flexibility index (Phi) is 6.18. The normalized spacial score (nSPS) is 11.6. The Hall–Kier alpha value is -3.67. The van der Waals surface area contributed by atoms with Gasteiger partial charge in [0.05, 0.1) is 27.6 Å². The lowest BCUT2D eigenvalue weighted by atomic mass is 10.0. The maximum absolute atomic E-state index is 12.5. The fourth-order valence-electron chi connectivity index (χ4n) is 3.62. The molecule has 0 unspecified atom stereocenters. The third-order valence-corrected chi connectivity index (χ3v) is 7.27. The number of nitriles is 1. The van der Waals surface area contributed by atoms with Crippen molar-refractivity contribution in [3.8, 4) is 22.9 Å². The lowest BCUT2D eigenvalue weighted by Gasteiger charge is -2.11. The lowest BCUT2D eigenvalue weighted by Crippen LogP contribution is -2.22. The molecule has 4 aromatic rings. The van der Waals surface area contributed by atoms with Gasteiger partial charge in [-0.25, -0.2) is 17.7 Å². The molecule has 8 heteroatoms. The van der Waals surface area contributed by atoms with Crippen molar-refractivity contribution in [2.75, 3.05) is 14.1 Å². The molecule has 0 fully saturated rings. The van der Waals surface area contributed by atoms with Gasteiger partial charge in [0, 0.05) is 20.6 Å². The summed E-state index contributed by atoms with van der Waals surface area (Å²) < 4.78 is 34.1. The number of ether oxygens (including phenoxy) is 1. The van der Waals surface area contributed by atoms with Crippen LogP contribution in [0.1, 0.15) is 18.3 Å². The van der Waals surface area contributed by atoms with E-state index < -0.39 is 10.0 Å². The van der Waals surface area contributed by atoms with Crippen molar-refractivity contribution >= 4 is 21.1 Å². The van der Waals surface area contributed by atoms with Gasteiger partial charge in [-0.15, -0.1) is 0 Å². The zero-order chi connectivity index (χ0) is 23.6. The average Bonchev–Trinajstić information content (AvgIpc) is 3.19. The second-order valence-corrected chi connectivity index (χ2v) is 9.86. The third-order valence-electron chi connectivity index (χ3n) is 5.46. The van der Waals surface area contributed by atoms with Crippen LogP contribution in [-0.4, -0.2) is 36.4 Å². The first kappa shape index (κ1) is 22.5. The number of imidazole rings is 1. The number of sulfonamides is 1. The fraction of sp³-hybridized carbons (Fsp3) is 0.200. The van der Waals surface area contributed by atoms with E-state index in [1.165, 1.54) is 18.4 Å². The molecule has 0 aliphatic rings. The molecule has 0 N–H and O–H groups in total. The van der Waals surface area contributed by atoms with Gasteiger partial charge in [-0.3, -0.25) is 0 Å². The Bertz CT molecular complexity index is 1430. The molecule has 3 aromatic carbocycles. The van der Waals surface area contributed by atoms with Crippen LogP contribution < -0.4 is 4.74 Å². The molecule has 0 amide bonds. The number of nitrogens with zero attached hydrogens (tertiary/aromatic N) is 4. The summed E-state index contributed by atoms with van der Waals surface area (Å²) in [6, 6.07) is 22.3. The van der Waals surface area contributed by atoms with E-state index in [2.05, 4.69) is 11.1 Å². The summed E-state index contributed by atoms with van der Waals surface area (Å²) in [6.45, 7) is 2.96. The van der Waals surface area contributed by atoms with E-state index in [9.17, 15) is 8.42 Å². The van der Waals surface area contributed by atoms with E-state index in [1.807, 2.05) is 47.9 Å². The van der Waals surface area contributed by atoms with Crippen molar-refractivity contribution < 1.29 is 13.2 Å². The van der Waals surface area contributed by atoms with Gasteiger partial charge in [0.15, 0.2) is 0 Å². The molecule has 0 spiro atoms. The molecule has 7 nitrogen and oxygen atoms in total. The molecule has 0 saturated carbocycles. The molecule has 0 radical (unpaired) electrons. The van der Waals surface area contributed by atoms with Gasteiger partial charge in [-0.1, -0.05) is 24.3 Å². The second-order valence-electron chi connectivity index (χ2n) is 7.71. The summed E-state index contributed by atoms with van der Waals surface area (Å²) >= 11 is 0. The Balaban J connectivity index is 1.54. The van der Waals surface area contributed by atoms with Crippen LogP contribution in [-0.2, 0) is 23.2 Å². The van der Waals surface area contributed by atoms with Crippen molar-refractivity contribution in [1.82, 2.24) is 13.9 Å². The summed E-state index contributed by atoms with van der Waals surface area (Å²) in [7, 11) is -0.508. The molecule has 1 heterocycles. The summed E-state index contributed by atoms with van der Waals surface area (Å²) in [5.74, 6) is 1.43. The highest BCUT2D eigenvalue weighted by Gasteiger charge is 2.19. The predicted octanol–water partition coefficient (Wildman–Crippen LogP) is 4.42. The van der Waals surface area contributed by atoms with Crippen LogP contribution in [0, 0.1) is 11.3 Å². The molecule has 0 bridgehead atoms. The first-order valence-corrected chi connectivity index (χ1v) is 11.9. The van der Waals surface area contributed by atoms with Crippen LogP contribution in [0.25, 0.3) is 22.2 Å². The number of benzene rings is 3. The summed E-state index contributed by atoms with van der Waals surface area (Å²) in [6.07, 6.45) is 0. The second kappa shape index (κ2) is 9.06. The van der Waals surface area contributed by atoms with E-state index in [4.69, 9.17) is 10.00 Å². The van der Waals surface area contributed by atoms with Crippen molar-refractivity contribution in [1.29, 1.82) is 5.26 Å². The smallest absolute Gasteiger partial charge is 0.242 e. The van der Waals surface area contributed by atoms with Crippen LogP contribution in [0.4, 0.5) is 0 Å². The number of hydrogen-bond donors (Lipinski definition) is 0. The Morgan fingerprint density at radius 2 is 1.64 bits per heavy atom. The molecule has 4 rings (SSSR count). The predicted molar refractivity (Wildman–Crippen MR) is 127 cm³/mol. The SMILES string of the molecule is CCn1c(COc2ccc(-c3ccc(C#N)cc3)cc2)nc2cc(S(=O)(=O)N(C)C)ccc21.